The summed E-state index contributed by atoms with van der Waals surface area (Å²) >= 11 is 0. The highest BCUT2D eigenvalue weighted by molar-refractivity contribution is 7.47. The Morgan fingerprint density at radius 3 is 1.22 bits per heavy atom. The number of nitrogens with one attached hydrogen (secondary N) is 1. The van der Waals surface area contributed by atoms with Gasteiger partial charge in [-0.05, 0) is 46.5 Å². The van der Waals surface area contributed by atoms with Crippen molar-refractivity contribution in [3.63, 3.8) is 0 Å². The van der Waals surface area contributed by atoms with Crippen LogP contribution in [-0.2, 0) is 32.7 Å². The number of ether oxygens (including phenoxy) is 1. The van der Waals surface area contributed by atoms with Crippen LogP contribution in [0, 0.1) is 0 Å². The van der Waals surface area contributed by atoms with E-state index in [-0.39, 0.29) is 32.0 Å². The number of aliphatic carboxylic acids is 1. The van der Waals surface area contributed by atoms with Crippen molar-refractivity contribution in [3.8, 4) is 0 Å². The predicted octanol–water partition coefficient (Wildman–Crippen LogP) is 12.5. The fourth-order valence-corrected chi connectivity index (χ4v) is 7.33. The molecule has 0 fully saturated rings. The summed E-state index contributed by atoms with van der Waals surface area (Å²) in [5, 5.41) is 11.6. The molecule has 0 radical (unpaired) electrons. The average Bonchev–Trinajstić information content (AvgIpc) is 3.10. The van der Waals surface area contributed by atoms with E-state index in [1.165, 1.54) is 122 Å². The predicted molar refractivity (Wildman–Crippen MR) is 221 cm³/mol. The van der Waals surface area contributed by atoms with Gasteiger partial charge >= 0.3 is 19.8 Å². The standard InChI is InChI=1S/C43H84NO9P/c1-5-6-7-8-9-10-11-12-13-14-17-20-23-26-29-32-37-51-54(49,50)52-38-33-30-27-24-21-18-15-16-19-22-25-28-31-34-40(45)44-39(35-36-41(46)47)42(48)53-43(2,3)4/h39H,5-38H2,1-4H3,(H,44,45)(H,46,47)(H,49,50)/t39-/m0/s1. The first-order chi connectivity index (χ1) is 25.9. The molecule has 2 atom stereocenters. The Morgan fingerprint density at radius 2 is 0.889 bits per heavy atom. The summed E-state index contributed by atoms with van der Waals surface area (Å²) in [6.45, 7) is 8.02. The van der Waals surface area contributed by atoms with Crippen LogP contribution in [0.3, 0.4) is 0 Å². The van der Waals surface area contributed by atoms with Crippen LogP contribution in [0.15, 0.2) is 0 Å². The van der Waals surface area contributed by atoms with Crippen molar-refractivity contribution < 1.29 is 42.7 Å². The highest BCUT2D eigenvalue weighted by Crippen LogP contribution is 2.43. The van der Waals surface area contributed by atoms with Crippen LogP contribution in [0.4, 0.5) is 0 Å². The molecule has 0 rings (SSSR count). The maximum Gasteiger partial charge on any atom is 0.472 e. The van der Waals surface area contributed by atoms with Gasteiger partial charge in [0.25, 0.3) is 0 Å². The average molecular weight is 790 g/mol. The first-order valence-electron chi connectivity index (χ1n) is 22.2. The molecule has 320 valence electrons. The van der Waals surface area contributed by atoms with Crippen molar-refractivity contribution >= 4 is 25.7 Å². The van der Waals surface area contributed by atoms with Gasteiger partial charge in [-0.1, -0.05) is 174 Å². The zero-order valence-electron chi connectivity index (χ0n) is 35.3. The summed E-state index contributed by atoms with van der Waals surface area (Å²) in [4.78, 5) is 45.7. The van der Waals surface area contributed by atoms with Crippen molar-refractivity contribution in [1.82, 2.24) is 5.32 Å². The Kier molecular flexibility index (Phi) is 34.9. The Bertz CT molecular complexity index is 956. The number of phosphoric ester groups is 1. The molecule has 0 saturated carbocycles. The molecule has 0 aromatic rings. The molecule has 0 aliphatic heterocycles. The number of hydrogen-bond donors (Lipinski definition) is 3. The van der Waals surface area contributed by atoms with Crippen LogP contribution in [-0.4, -0.2) is 52.7 Å². The lowest BCUT2D eigenvalue weighted by Crippen LogP contribution is -2.44. The van der Waals surface area contributed by atoms with Crippen LogP contribution in [0.5, 0.6) is 0 Å². The minimum absolute atomic E-state index is 0.00915. The lowest BCUT2D eigenvalue weighted by molar-refractivity contribution is -0.159. The first-order valence-corrected chi connectivity index (χ1v) is 23.7. The third kappa shape index (κ3) is 38.8. The SMILES string of the molecule is CCCCCCCCCCCCCCCCCCOP(=O)(O)OCCCCCCCCCCCCCCCC(=O)N[C@@H](CCC(=O)O)C(=O)OC(C)(C)C. The quantitative estimate of drug-likeness (QED) is 0.0313. The summed E-state index contributed by atoms with van der Waals surface area (Å²) < 4.78 is 27.8. The molecule has 10 nitrogen and oxygen atoms in total. The molecule has 1 amide bonds. The van der Waals surface area contributed by atoms with Gasteiger partial charge in [0.15, 0.2) is 0 Å². The molecular formula is C43H84NO9P. The summed E-state index contributed by atoms with van der Waals surface area (Å²) in [6.07, 6.45) is 34.7. The van der Waals surface area contributed by atoms with Crippen LogP contribution >= 0.6 is 7.82 Å². The molecule has 0 aromatic carbocycles. The second-order valence-electron chi connectivity index (χ2n) is 16.4. The Hall–Kier alpha value is -1.48. The van der Waals surface area contributed by atoms with Gasteiger partial charge < -0.3 is 20.1 Å². The molecule has 0 spiro atoms. The van der Waals surface area contributed by atoms with Gasteiger partial charge in [0, 0.05) is 12.8 Å². The summed E-state index contributed by atoms with van der Waals surface area (Å²) in [5.74, 6) is -1.87. The van der Waals surface area contributed by atoms with E-state index in [1.807, 2.05) is 0 Å². The van der Waals surface area contributed by atoms with E-state index in [0.717, 1.165) is 64.2 Å². The molecule has 1 unspecified atom stereocenters. The number of esters is 1. The number of amides is 1. The smallest absolute Gasteiger partial charge is 0.472 e. The Morgan fingerprint density at radius 1 is 0.556 bits per heavy atom. The Labute approximate surface area is 331 Å². The van der Waals surface area contributed by atoms with E-state index >= 15 is 0 Å². The second kappa shape index (κ2) is 35.9. The minimum atomic E-state index is -3.94. The highest BCUT2D eigenvalue weighted by atomic mass is 31.2. The molecule has 11 heteroatoms. The van der Waals surface area contributed by atoms with Crippen molar-refractivity contribution in [2.24, 2.45) is 0 Å². The van der Waals surface area contributed by atoms with Gasteiger partial charge in [0.2, 0.25) is 5.91 Å². The molecule has 54 heavy (non-hydrogen) atoms. The number of rotatable bonds is 40. The van der Waals surface area contributed by atoms with Gasteiger partial charge in [-0.3, -0.25) is 18.6 Å². The molecular weight excluding hydrogens is 705 g/mol. The number of hydrogen-bond acceptors (Lipinski definition) is 7. The second-order valence-corrected chi connectivity index (χ2v) is 17.8. The fraction of sp³-hybridized carbons (Fsp3) is 0.930. The lowest BCUT2D eigenvalue weighted by Gasteiger charge is -2.24. The van der Waals surface area contributed by atoms with E-state index in [4.69, 9.17) is 18.9 Å². The van der Waals surface area contributed by atoms with Crippen molar-refractivity contribution in [2.45, 2.75) is 245 Å². The van der Waals surface area contributed by atoms with Gasteiger partial charge in [0.1, 0.15) is 11.6 Å². The van der Waals surface area contributed by atoms with E-state index < -0.39 is 31.4 Å². The van der Waals surface area contributed by atoms with Crippen LogP contribution in [0.1, 0.15) is 233 Å². The van der Waals surface area contributed by atoms with Gasteiger partial charge in [-0.15, -0.1) is 0 Å². The number of carboxylic acids is 1. The maximum atomic E-state index is 12.4. The molecule has 0 bridgehead atoms. The van der Waals surface area contributed by atoms with Crippen molar-refractivity contribution in [2.75, 3.05) is 13.2 Å². The van der Waals surface area contributed by atoms with E-state index in [0.29, 0.717) is 6.42 Å². The van der Waals surface area contributed by atoms with Gasteiger partial charge in [-0.2, -0.15) is 0 Å². The van der Waals surface area contributed by atoms with E-state index in [1.54, 1.807) is 20.8 Å². The van der Waals surface area contributed by atoms with Crippen LogP contribution in [0.25, 0.3) is 0 Å². The minimum Gasteiger partial charge on any atom is -0.481 e. The maximum absolute atomic E-state index is 12.4. The third-order valence-corrected chi connectivity index (χ3v) is 10.7. The highest BCUT2D eigenvalue weighted by Gasteiger charge is 2.27. The number of carbonyl (C=O) groups is 3. The summed E-state index contributed by atoms with van der Waals surface area (Å²) in [6, 6.07) is -0.948. The van der Waals surface area contributed by atoms with E-state index in [9.17, 15) is 23.8 Å². The fourth-order valence-electron chi connectivity index (χ4n) is 6.54. The summed E-state index contributed by atoms with van der Waals surface area (Å²) in [7, 11) is -3.94. The number of phosphoric acid groups is 1. The number of carboxylic acid groups (broad SMARTS) is 1. The molecule has 0 aliphatic rings. The zero-order valence-corrected chi connectivity index (χ0v) is 36.2. The van der Waals surface area contributed by atoms with E-state index in [2.05, 4.69) is 12.2 Å². The monoisotopic (exact) mass is 790 g/mol. The molecule has 0 heterocycles. The molecule has 3 N–H and O–H groups in total. The third-order valence-electron chi connectivity index (χ3n) is 9.73. The molecule has 0 aromatic heterocycles. The van der Waals surface area contributed by atoms with Crippen molar-refractivity contribution in [1.29, 1.82) is 0 Å². The number of carbonyl (C=O) groups excluding carboxylic acids is 2. The largest absolute Gasteiger partial charge is 0.481 e. The topological polar surface area (TPSA) is 148 Å². The Balaban J connectivity index is 3.55. The van der Waals surface area contributed by atoms with Gasteiger partial charge in [-0.25, -0.2) is 9.36 Å². The lowest BCUT2D eigenvalue weighted by atomic mass is 10.0. The normalized spacial score (nSPS) is 13.4. The molecule has 0 aliphatic carbocycles. The zero-order chi connectivity index (χ0) is 40.2. The van der Waals surface area contributed by atoms with Crippen LogP contribution < -0.4 is 5.32 Å². The van der Waals surface area contributed by atoms with Gasteiger partial charge in [0.05, 0.1) is 13.2 Å². The molecule has 0 saturated heterocycles. The van der Waals surface area contributed by atoms with Crippen molar-refractivity contribution in [3.05, 3.63) is 0 Å². The van der Waals surface area contributed by atoms with Crippen LogP contribution in [0.2, 0.25) is 0 Å². The first kappa shape index (κ1) is 52.5. The summed E-state index contributed by atoms with van der Waals surface area (Å²) in [5.41, 5.74) is -0.712. The number of unbranched alkanes of at least 4 members (excludes halogenated alkanes) is 27.